The third kappa shape index (κ3) is 5.37. The molecule has 0 saturated heterocycles. The molecule has 0 aliphatic rings. The molecule has 5 nitrogen and oxygen atoms in total. The molecule has 0 amide bonds. The summed E-state index contributed by atoms with van der Waals surface area (Å²) in [5.74, 6) is 0.347. The van der Waals surface area contributed by atoms with E-state index in [-0.39, 0.29) is 11.5 Å². The lowest BCUT2D eigenvalue weighted by Crippen LogP contribution is -2.31. The van der Waals surface area contributed by atoms with Crippen molar-refractivity contribution in [3.05, 3.63) is 30.1 Å². The van der Waals surface area contributed by atoms with Gasteiger partial charge >= 0.3 is 0 Å². The number of nitrogens with two attached hydrogens (primary N) is 1. The Morgan fingerprint density at radius 1 is 1.44 bits per heavy atom. The molecule has 1 unspecified atom stereocenters. The van der Waals surface area contributed by atoms with Gasteiger partial charge in [0.2, 0.25) is 0 Å². The predicted octanol–water partition coefficient (Wildman–Crippen LogP) is 0.977. The van der Waals surface area contributed by atoms with E-state index in [9.17, 15) is 9.00 Å². The molecule has 0 spiro atoms. The molecule has 2 atom stereocenters. The number of hydrogen-bond acceptors (Lipinski definition) is 5. The van der Waals surface area contributed by atoms with E-state index in [0.29, 0.717) is 18.6 Å². The van der Waals surface area contributed by atoms with Crippen molar-refractivity contribution in [3.63, 3.8) is 0 Å². The number of Topliss-reactive ketones (excluding diaryl/α,β-unsaturated/α-hetero) is 1. The van der Waals surface area contributed by atoms with Crippen LogP contribution in [0.5, 0.6) is 0 Å². The van der Waals surface area contributed by atoms with Gasteiger partial charge in [-0.25, -0.2) is 4.21 Å². The first-order valence-corrected chi connectivity index (χ1v) is 7.69. The second-order valence-electron chi connectivity index (χ2n) is 4.33. The van der Waals surface area contributed by atoms with Crippen molar-refractivity contribution in [2.75, 3.05) is 11.5 Å². The molecule has 0 aromatic carbocycles. The SMILES string of the molecule is CC(=O)[C@@H](N)CCS(=N)(=O)CCc1ccncc1. The van der Waals surface area contributed by atoms with Gasteiger partial charge in [-0.2, -0.15) is 0 Å². The zero-order chi connectivity index (χ0) is 13.6. The van der Waals surface area contributed by atoms with Gasteiger partial charge < -0.3 is 5.73 Å². The Balaban J connectivity index is 2.43. The lowest BCUT2D eigenvalue weighted by molar-refractivity contribution is -0.118. The first-order valence-electron chi connectivity index (χ1n) is 5.80. The van der Waals surface area contributed by atoms with Crippen LogP contribution in [0.15, 0.2) is 24.5 Å². The number of pyridine rings is 1. The van der Waals surface area contributed by atoms with E-state index in [4.69, 9.17) is 10.5 Å². The molecule has 18 heavy (non-hydrogen) atoms. The quantitative estimate of drug-likeness (QED) is 0.771. The van der Waals surface area contributed by atoms with Gasteiger partial charge in [0.1, 0.15) is 5.78 Å². The summed E-state index contributed by atoms with van der Waals surface area (Å²) in [6, 6.07) is 3.09. The zero-order valence-electron chi connectivity index (χ0n) is 10.5. The highest BCUT2D eigenvalue weighted by molar-refractivity contribution is 7.92. The number of hydrogen-bond donors (Lipinski definition) is 2. The predicted molar refractivity (Wildman–Crippen MR) is 71.8 cm³/mol. The maximum absolute atomic E-state index is 12.0. The second kappa shape index (κ2) is 6.61. The van der Waals surface area contributed by atoms with Crippen LogP contribution in [-0.4, -0.2) is 32.5 Å². The molecular formula is C12H19N3O2S. The van der Waals surface area contributed by atoms with Crippen LogP contribution in [0.2, 0.25) is 0 Å². The molecule has 1 aromatic rings. The van der Waals surface area contributed by atoms with Gasteiger partial charge in [0.25, 0.3) is 0 Å². The van der Waals surface area contributed by atoms with Gasteiger partial charge in [-0.05, 0) is 37.5 Å². The fraction of sp³-hybridized carbons (Fsp3) is 0.500. The average molecular weight is 269 g/mol. The third-order valence-electron chi connectivity index (χ3n) is 2.75. The standard InChI is InChI=1S/C12H19N3O2S/c1-10(16)12(13)5-9-18(14,17)8-4-11-2-6-15-7-3-11/h2-3,6-7,12,14H,4-5,8-9,13H2,1H3/t12-,18?/m0/s1. The zero-order valence-corrected chi connectivity index (χ0v) is 11.3. The molecule has 0 aliphatic carbocycles. The van der Waals surface area contributed by atoms with Gasteiger partial charge in [-0.1, -0.05) is 0 Å². The van der Waals surface area contributed by atoms with E-state index in [2.05, 4.69) is 4.98 Å². The molecule has 0 radical (unpaired) electrons. The smallest absolute Gasteiger partial charge is 0.146 e. The number of ketones is 1. The van der Waals surface area contributed by atoms with E-state index in [1.54, 1.807) is 12.4 Å². The van der Waals surface area contributed by atoms with Crippen LogP contribution in [0.1, 0.15) is 18.9 Å². The lowest BCUT2D eigenvalue weighted by Gasteiger charge is -2.10. The maximum Gasteiger partial charge on any atom is 0.146 e. The van der Waals surface area contributed by atoms with E-state index in [1.807, 2.05) is 12.1 Å². The molecule has 3 N–H and O–H groups in total. The van der Waals surface area contributed by atoms with Crippen molar-refractivity contribution >= 4 is 15.5 Å². The van der Waals surface area contributed by atoms with Gasteiger partial charge in [0, 0.05) is 33.6 Å². The lowest BCUT2D eigenvalue weighted by atomic mass is 10.2. The minimum atomic E-state index is -2.66. The van der Waals surface area contributed by atoms with Crippen molar-refractivity contribution in [3.8, 4) is 0 Å². The summed E-state index contributed by atoms with van der Waals surface area (Å²) in [6.07, 6.45) is 4.24. The summed E-state index contributed by atoms with van der Waals surface area (Å²) < 4.78 is 19.7. The van der Waals surface area contributed by atoms with E-state index >= 15 is 0 Å². The van der Waals surface area contributed by atoms with Crippen LogP contribution >= 0.6 is 0 Å². The highest BCUT2D eigenvalue weighted by Crippen LogP contribution is 2.04. The molecule has 6 heteroatoms. The molecule has 100 valence electrons. The summed E-state index contributed by atoms with van der Waals surface area (Å²) in [5.41, 5.74) is 6.58. The van der Waals surface area contributed by atoms with Gasteiger partial charge in [0.05, 0.1) is 6.04 Å². The Morgan fingerprint density at radius 2 is 2.06 bits per heavy atom. The molecule has 0 bridgehead atoms. The Kier molecular flexibility index (Phi) is 5.43. The van der Waals surface area contributed by atoms with Crippen molar-refractivity contribution in [2.24, 2.45) is 5.73 Å². The summed E-state index contributed by atoms with van der Waals surface area (Å²) >= 11 is 0. The van der Waals surface area contributed by atoms with Crippen molar-refractivity contribution in [1.29, 1.82) is 4.78 Å². The number of rotatable bonds is 7. The largest absolute Gasteiger partial charge is 0.321 e. The fourth-order valence-corrected chi connectivity index (χ4v) is 2.86. The fourth-order valence-electron chi connectivity index (χ4n) is 1.45. The second-order valence-corrected chi connectivity index (χ2v) is 6.77. The van der Waals surface area contributed by atoms with E-state index in [0.717, 1.165) is 5.56 Å². The monoisotopic (exact) mass is 269 g/mol. The van der Waals surface area contributed by atoms with Gasteiger partial charge in [-0.15, -0.1) is 0 Å². The Morgan fingerprint density at radius 3 is 2.61 bits per heavy atom. The van der Waals surface area contributed by atoms with Crippen LogP contribution in [0, 0.1) is 4.78 Å². The average Bonchev–Trinajstić information content (AvgIpc) is 2.35. The van der Waals surface area contributed by atoms with Crippen molar-refractivity contribution < 1.29 is 9.00 Å². The number of carbonyl (C=O) groups excluding carboxylic acids is 1. The normalized spacial score (nSPS) is 15.9. The molecule has 0 aliphatic heterocycles. The van der Waals surface area contributed by atoms with Crippen molar-refractivity contribution in [1.82, 2.24) is 4.98 Å². The Bertz CT molecular complexity index is 485. The molecule has 1 aromatic heterocycles. The highest BCUT2D eigenvalue weighted by Gasteiger charge is 2.13. The van der Waals surface area contributed by atoms with Crippen LogP contribution in [0.4, 0.5) is 0 Å². The van der Waals surface area contributed by atoms with Crippen molar-refractivity contribution in [2.45, 2.75) is 25.8 Å². The van der Waals surface area contributed by atoms with Crippen LogP contribution in [0.25, 0.3) is 0 Å². The first-order chi connectivity index (χ1) is 8.41. The molecule has 1 rings (SSSR count). The van der Waals surface area contributed by atoms with Gasteiger partial charge in [0.15, 0.2) is 0 Å². The number of nitrogens with one attached hydrogen (secondary N) is 1. The summed E-state index contributed by atoms with van der Waals surface area (Å²) in [5, 5.41) is 0. The highest BCUT2D eigenvalue weighted by atomic mass is 32.2. The molecular weight excluding hydrogens is 250 g/mol. The van der Waals surface area contributed by atoms with Crippen LogP contribution in [0.3, 0.4) is 0 Å². The minimum absolute atomic E-state index is 0.126. The molecule has 0 saturated carbocycles. The number of aryl methyl sites for hydroxylation is 1. The summed E-state index contributed by atoms with van der Waals surface area (Å²) in [6.45, 7) is 1.41. The first kappa shape index (κ1) is 14.8. The number of carbonyl (C=O) groups is 1. The molecule has 0 fully saturated rings. The van der Waals surface area contributed by atoms with E-state index in [1.165, 1.54) is 6.92 Å². The maximum atomic E-state index is 12.0. The third-order valence-corrected chi connectivity index (χ3v) is 4.51. The Hall–Kier alpha value is -1.27. The molecule has 1 heterocycles. The van der Waals surface area contributed by atoms with Crippen LogP contribution in [-0.2, 0) is 20.9 Å². The minimum Gasteiger partial charge on any atom is -0.321 e. The Labute approximate surface area is 108 Å². The summed E-state index contributed by atoms with van der Waals surface area (Å²) in [4.78, 5) is 14.9. The number of aromatic nitrogens is 1. The number of nitrogens with zero attached hydrogens (tertiary/aromatic N) is 1. The topological polar surface area (TPSA) is 96.9 Å². The van der Waals surface area contributed by atoms with E-state index < -0.39 is 15.8 Å². The van der Waals surface area contributed by atoms with Gasteiger partial charge in [-0.3, -0.25) is 14.6 Å². The summed E-state index contributed by atoms with van der Waals surface area (Å²) in [7, 11) is -2.66. The van der Waals surface area contributed by atoms with Crippen LogP contribution < -0.4 is 5.73 Å².